The third-order valence-corrected chi connectivity index (χ3v) is 3.99. The minimum absolute atomic E-state index is 0.356. The van der Waals surface area contributed by atoms with Crippen LogP contribution in [0, 0.1) is 12.8 Å². The number of benzene rings is 1. The summed E-state index contributed by atoms with van der Waals surface area (Å²) >= 11 is 0. The van der Waals surface area contributed by atoms with Crippen LogP contribution in [-0.4, -0.2) is 34.4 Å². The van der Waals surface area contributed by atoms with Gasteiger partial charge >= 0.3 is 0 Å². The van der Waals surface area contributed by atoms with Crippen molar-refractivity contribution in [1.29, 1.82) is 0 Å². The Bertz CT molecular complexity index is 428. The van der Waals surface area contributed by atoms with E-state index in [0.717, 1.165) is 24.6 Å². The van der Waals surface area contributed by atoms with Gasteiger partial charge in [-0.05, 0) is 62.7 Å². The van der Waals surface area contributed by atoms with Crippen LogP contribution in [0.3, 0.4) is 0 Å². The van der Waals surface area contributed by atoms with Crippen LogP contribution in [0.5, 0.6) is 11.5 Å². The molecular weight excluding hydrogens is 240 g/mol. The first-order chi connectivity index (χ1) is 9.21. The molecule has 2 rings (SSSR count). The Kier molecular flexibility index (Phi) is 4.66. The highest BCUT2D eigenvalue weighted by atomic mass is 16.5. The number of hydrogen-bond acceptors (Lipinski definition) is 4. The van der Waals surface area contributed by atoms with E-state index in [1.807, 2.05) is 7.05 Å². The maximum atomic E-state index is 5.42. The van der Waals surface area contributed by atoms with Crippen molar-refractivity contribution in [3.63, 3.8) is 0 Å². The highest BCUT2D eigenvalue weighted by Gasteiger charge is 2.27. The second-order valence-electron chi connectivity index (χ2n) is 5.08. The summed E-state index contributed by atoms with van der Waals surface area (Å²) in [5, 5.41) is 6.89. The average Bonchev–Trinajstić information content (AvgIpc) is 2.94. The third-order valence-electron chi connectivity index (χ3n) is 3.99. The molecule has 0 radical (unpaired) electrons. The normalized spacial score (nSPS) is 20.3. The summed E-state index contributed by atoms with van der Waals surface area (Å²) in [6.45, 7) is 4.30. The topological polar surface area (TPSA) is 42.5 Å². The quantitative estimate of drug-likeness (QED) is 0.852. The molecule has 1 heterocycles. The average molecular weight is 264 g/mol. The molecule has 0 amide bonds. The van der Waals surface area contributed by atoms with Gasteiger partial charge < -0.3 is 20.1 Å². The fourth-order valence-electron chi connectivity index (χ4n) is 2.94. The maximum absolute atomic E-state index is 5.42. The summed E-state index contributed by atoms with van der Waals surface area (Å²) in [7, 11) is 5.38. The van der Waals surface area contributed by atoms with Crippen LogP contribution in [0.1, 0.15) is 23.6 Å². The first-order valence-corrected chi connectivity index (χ1v) is 6.81. The second-order valence-corrected chi connectivity index (χ2v) is 5.08. The maximum Gasteiger partial charge on any atom is 0.161 e. The Hall–Kier alpha value is -1.26. The predicted octanol–water partition coefficient (Wildman–Crippen LogP) is 1.88. The Labute approximate surface area is 115 Å². The van der Waals surface area contributed by atoms with Gasteiger partial charge in [0.15, 0.2) is 11.5 Å². The SMILES string of the molecule is CNC(c1cc(OC)c(OC)cc1C)C1CCNC1. The predicted molar refractivity (Wildman–Crippen MR) is 77.1 cm³/mol. The van der Waals surface area contributed by atoms with Crippen LogP contribution >= 0.6 is 0 Å². The van der Waals surface area contributed by atoms with E-state index in [4.69, 9.17) is 9.47 Å². The number of aryl methyl sites for hydroxylation is 1. The lowest BCUT2D eigenvalue weighted by atomic mass is 9.89. The lowest BCUT2D eigenvalue weighted by Gasteiger charge is -2.25. The number of nitrogens with one attached hydrogen (secondary N) is 2. The first-order valence-electron chi connectivity index (χ1n) is 6.81. The molecule has 2 unspecified atom stereocenters. The molecule has 1 aliphatic heterocycles. The van der Waals surface area contributed by atoms with Crippen LogP contribution < -0.4 is 20.1 Å². The molecule has 0 spiro atoms. The van der Waals surface area contributed by atoms with Crippen LogP contribution in [0.25, 0.3) is 0 Å². The summed E-state index contributed by atoms with van der Waals surface area (Å²) in [6, 6.07) is 4.52. The zero-order valence-corrected chi connectivity index (χ0v) is 12.2. The Morgan fingerprint density at radius 1 is 1.26 bits per heavy atom. The highest BCUT2D eigenvalue weighted by molar-refractivity contribution is 5.48. The number of methoxy groups -OCH3 is 2. The fourth-order valence-corrected chi connectivity index (χ4v) is 2.94. The molecule has 0 aromatic heterocycles. The highest BCUT2D eigenvalue weighted by Crippen LogP contribution is 2.36. The lowest BCUT2D eigenvalue weighted by Crippen LogP contribution is -2.27. The number of ether oxygens (including phenoxy) is 2. The van der Waals surface area contributed by atoms with E-state index in [1.54, 1.807) is 14.2 Å². The molecule has 1 aromatic carbocycles. The van der Waals surface area contributed by atoms with Crippen molar-refractivity contribution < 1.29 is 9.47 Å². The van der Waals surface area contributed by atoms with Crippen molar-refractivity contribution in [2.45, 2.75) is 19.4 Å². The van der Waals surface area contributed by atoms with E-state index in [9.17, 15) is 0 Å². The third kappa shape index (κ3) is 2.85. The van der Waals surface area contributed by atoms with Crippen molar-refractivity contribution >= 4 is 0 Å². The van der Waals surface area contributed by atoms with Gasteiger partial charge in [-0.1, -0.05) is 0 Å². The van der Waals surface area contributed by atoms with E-state index in [1.165, 1.54) is 17.5 Å². The van der Waals surface area contributed by atoms with Gasteiger partial charge in [0.2, 0.25) is 0 Å². The lowest BCUT2D eigenvalue weighted by molar-refractivity contribution is 0.351. The number of rotatable bonds is 5. The van der Waals surface area contributed by atoms with Crippen molar-refractivity contribution in [2.24, 2.45) is 5.92 Å². The van der Waals surface area contributed by atoms with Gasteiger partial charge in [-0.3, -0.25) is 0 Å². The first kappa shape index (κ1) is 14.2. The minimum atomic E-state index is 0.356. The summed E-state index contributed by atoms with van der Waals surface area (Å²) in [5.74, 6) is 2.22. The minimum Gasteiger partial charge on any atom is -0.493 e. The van der Waals surface area contributed by atoms with E-state index in [2.05, 4.69) is 29.7 Å². The summed E-state index contributed by atoms with van der Waals surface area (Å²) in [4.78, 5) is 0. The van der Waals surface area contributed by atoms with Gasteiger partial charge in [0.25, 0.3) is 0 Å². The van der Waals surface area contributed by atoms with Crippen molar-refractivity contribution in [1.82, 2.24) is 10.6 Å². The second kappa shape index (κ2) is 6.26. The molecule has 2 atom stereocenters. The van der Waals surface area contributed by atoms with E-state index >= 15 is 0 Å². The Morgan fingerprint density at radius 2 is 1.95 bits per heavy atom. The molecule has 1 saturated heterocycles. The van der Waals surface area contributed by atoms with Gasteiger partial charge in [-0.2, -0.15) is 0 Å². The van der Waals surface area contributed by atoms with Crippen LogP contribution in [-0.2, 0) is 0 Å². The van der Waals surface area contributed by atoms with Gasteiger partial charge in [-0.15, -0.1) is 0 Å². The van der Waals surface area contributed by atoms with Gasteiger partial charge in [0.1, 0.15) is 0 Å². The van der Waals surface area contributed by atoms with E-state index in [0.29, 0.717) is 12.0 Å². The van der Waals surface area contributed by atoms with Crippen molar-refractivity contribution in [2.75, 3.05) is 34.4 Å². The molecule has 2 N–H and O–H groups in total. The van der Waals surface area contributed by atoms with Crippen molar-refractivity contribution in [3.8, 4) is 11.5 Å². The molecule has 106 valence electrons. The molecule has 0 saturated carbocycles. The van der Waals surface area contributed by atoms with Crippen LogP contribution in [0.2, 0.25) is 0 Å². The molecule has 1 fully saturated rings. The van der Waals surface area contributed by atoms with Crippen LogP contribution in [0.4, 0.5) is 0 Å². The molecule has 4 nitrogen and oxygen atoms in total. The van der Waals surface area contributed by atoms with E-state index < -0.39 is 0 Å². The van der Waals surface area contributed by atoms with E-state index in [-0.39, 0.29) is 0 Å². The number of hydrogen-bond donors (Lipinski definition) is 2. The largest absolute Gasteiger partial charge is 0.493 e. The van der Waals surface area contributed by atoms with Gasteiger partial charge in [0.05, 0.1) is 14.2 Å². The molecule has 4 heteroatoms. The molecule has 0 aliphatic carbocycles. The monoisotopic (exact) mass is 264 g/mol. The van der Waals surface area contributed by atoms with Crippen molar-refractivity contribution in [3.05, 3.63) is 23.3 Å². The smallest absolute Gasteiger partial charge is 0.161 e. The molecule has 19 heavy (non-hydrogen) atoms. The fraction of sp³-hybridized carbons (Fsp3) is 0.600. The zero-order chi connectivity index (χ0) is 13.8. The van der Waals surface area contributed by atoms with Crippen LogP contribution in [0.15, 0.2) is 12.1 Å². The summed E-state index contributed by atoms with van der Waals surface area (Å²) in [6.07, 6.45) is 1.21. The van der Waals surface area contributed by atoms with Gasteiger partial charge in [-0.25, -0.2) is 0 Å². The Balaban J connectivity index is 2.36. The molecule has 1 aromatic rings. The van der Waals surface area contributed by atoms with Gasteiger partial charge in [0, 0.05) is 6.04 Å². The standard InChI is InChI=1S/C15H24N2O2/c1-10-7-13(18-3)14(19-4)8-12(10)15(16-2)11-5-6-17-9-11/h7-8,11,15-17H,5-6,9H2,1-4H3. The summed E-state index contributed by atoms with van der Waals surface area (Å²) < 4.78 is 10.8. The molecule has 0 bridgehead atoms. The molecular formula is C15H24N2O2. The summed E-state index contributed by atoms with van der Waals surface area (Å²) in [5.41, 5.74) is 2.54. The molecule has 1 aliphatic rings. The zero-order valence-electron chi connectivity index (χ0n) is 12.2. The Morgan fingerprint density at radius 3 is 2.47 bits per heavy atom.